The largest absolute Gasteiger partial charge is 0.494 e. The van der Waals surface area contributed by atoms with Crippen LogP contribution in [0.1, 0.15) is 53.4 Å². The Hall–Kier alpha value is -2.23. The first-order valence-electron chi connectivity index (χ1n) is 12.8. The Morgan fingerprint density at radius 2 is 1.49 bits per heavy atom. The Morgan fingerprint density at radius 3 is 1.92 bits per heavy atom. The summed E-state index contributed by atoms with van der Waals surface area (Å²) >= 11 is 0. The highest BCUT2D eigenvalue weighted by Crippen LogP contribution is 2.13. The zero-order chi connectivity index (χ0) is 27.1. The minimum Gasteiger partial charge on any atom is -0.423 e. The van der Waals surface area contributed by atoms with Gasteiger partial charge in [0.2, 0.25) is 0 Å². The number of allylic oxidation sites excluding steroid dienone is 2. The summed E-state index contributed by atoms with van der Waals surface area (Å²) < 4.78 is 16.3. The van der Waals surface area contributed by atoms with Crippen LogP contribution in [-0.2, 0) is 14.0 Å². The van der Waals surface area contributed by atoms with Gasteiger partial charge in [0.15, 0.2) is 0 Å². The fourth-order valence-corrected chi connectivity index (χ4v) is 3.23. The quantitative estimate of drug-likeness (QED) is 0.283. The van der Waals surface area contributed by atoms with Crippen molar-refractivity contribution < 1.29 is 34.3 Å². The second-order valence-corrected chi connectivity index (χ2v) is 8.51. The molecule has 2 heterocycles. The van der Waals surface area contributed by atoms with E-state index >= 15 is 0 Å². The maximum atomic E-state index is 8.69. The molecule has 4 rings (SSSR count). The third kappa shape index (κ3) is 19.5. The van der Waals surface area contributed by atoms with Crippen LogP contribution in [0.15, 0.2) is 86.0 Å². The van der Waals surface area contributed by atoms with Gasteiger partial charge in [-0.25, -0.2) is 0 Å². The molecule has 0 bridgehead atoms. The van der Waals surface area contributed by atoms with E-state index in [1.54, 1.807) is 30.3 Å². The van der Waals surface area contributed by atoms with Gasteiger partial charge in [-0.15, -0.1) is 13.2 Å². The van der Waals surface area contributed by atoms with Crippen LogP contribution in [0.25, 0.3) is 0 Å². The summed E-state index contributed by atoms with van der Waals surface area (Å²) in [6.45, 7) is 9.72. The molecule has 9 heteroatoms. The second kappa shape index (κ2) is 26.0. The first-order valence-corrected chi connectivity index (χ1v) is 12.8. The Labute approximate surface area is 237 Å². The van der Waals surface area contributed by atoms with Crippen molar-refractivity contribution in [2.24, 2.45) is 0 Å². The van der Waals surface area contributed by atoms with E-state index in [-0.39, 0.29) is 34.7 Å². The summed E-state index contributed by atoms with van der Waals surface area (Å²) in [6, 6.07) is 18.7. The molecule has 218 valence electrons. The van der Waals surface area contributed by atoms with E-state index < -0.39 is 13.2 Å². The van der Waals surface area contributed by atoms with Crippen LogP contribution >= 0.6 is 0 Å². The van der Waals surface area contributed by atoms with Crippen LogP contribution in [0.2, 0.25) is 0 Å². The fraction of sp³-hybridized carbons (Fsp3) is 0.467. The molecular weight excluding hydrogens is 494 g/mol. The molecule has 2 fully saturated rings. The SMILES string of the molecule is C.C.C1CCOC1.C=CCCC(O)CO.C=CCCC1COB(c2ccccc2)O1.OB(O)c1ccccc1. The van der Waals surface area contributed by atoms with E-state index in [4.69, 9.17) is 34.3 Å². The number of benzene rings is 2. The Balaban J connectivity index is 0. The van der Waals surface area contributed by atoms with Gasteiger partial charge in [0.25, 0.3) is 0 Å². The Morgan fingerprint density at radius 1 is 0.923 bits per heavy atom. The van der Waals surface area contributed by atoms with Crippen molar-refractivity contribution in [3.63, 3.8) is 0 Å². The first-order chi connectivity index (χ1) is 18.0. The van der Waals surface area contributed by atoms with Crippen LogP contribution in [0.3, 0.4) is 0 Å². The number of ether oxygens (including phenoxy) is 1. The van der Waals surface area contributed by atoms with Gasteiger partial charge in [0, 0.05) is 13.2 Å². The molecule has 2 aromatic rings. The molecule has 2 atom stereocenters. The molecule has 2 saturated heterocycles. The van der Waals surface area contributed by atoms with Gasteiger partial charge in [-0.2, -0.15) is 0 Å². The summed E-state index contributed by atoms with van der Waals surface area (Å²) in [7, 11) is -1.52. The van der Waals surface area contributed by atoms with Crippen LogP contribution in [0.5, 0.6) is 0 Å². The monoisotopic (exact) mass is 544 g/mol. The van der Waals surface area contributed by atoms with Gasteiger partial charge < -0.3 is 34.3 Å². The maximum Gasteiger partial charge on any atom is 0.494 e. The summed E-state index contributed by atoms with van der Waals surface area (Å²) in [5.41, 5.74) is 1.62. The van der Waals surface area contributed by atoms with Crippen molar-refractivity contribution >= 4 is 25.2 Å². The minimum atomic E-state index is -1.34. The Bertz CT molecular complexity index is 798. The van der Waals surface area contributed by atoms with Gasteiger partial charge >= 0.3 is 14.2 Å². The zero-order valence-corrected chi connectivity index (χ0v) is 21.7. The highest BCUT2D eigenvalue weighted by Gasteiger charge is 2.32. The summed E-state index contributed by atoms with van der Waals surface area (Å²) in [4.78, 5) is 0. The van der Waals surface area contributed by atoms with Crippen molar-refractivity contribution in [2.75, 3.05) is 26.4 Å². The summed E-state index contributed by atoms with van der Waals surface area (Å²) in [5, 5.41) is 34.1. The van der Waals surface area contributed by atoms with E-state index in [0.29, 0.717) is 18.5 Å². The third-order valence-corrected chi connectivity index (χ3v) is 5.35. The van der Waals surface area contributed by atoms with Crippen molar-refractivity contribution in [2.45, 2.75) is 65.6 Å². The molecule has 2 aliphatic heterocycles. The van der Waals surface area contributed by atoms with Gasteiger partial charge in [0.1, 0.15) is 0 Å². The molecule has 0 amide bonds. The normalized spacial score (nSPS) is 15.8. The smallest absolute Gasteiger partial charge is 0.423 e. The molecule has 2 aliphatic rings. The summed E-state index contributed by atoms with van der Waals surface area (Å²) in [6.07, 6.45) is 9.20. The molecule has 0 saturated carbocycles. The molecule has 0 spiro atoms. The predicted octanol–water partition coefficient (Wildman–Crippen LogP) is 3.50. The molecule has 0 aliphatic carbocycles. The molecule has 0 radical (unpaired) electrons. The molecule has 2 aromatic carbocycles. The third-order valence-electron chi connectivity index (χ3n) is 5.35. The number of aliphatic hydroxyl groups is 2. The van der Waals surface area contributed by atoms with E-state index in [0.717, 1.165) is 37.9 Å². The average Bonchev–Trinajstić information content (AvgIpc) is 3.68. The lowest BCUT2D eigenvalue weighted by atomic mass is 9.79. The van der Waals surface area contributed by atoms with Crippen molar-refractivity contribution in [3.8, 4) is 0 Å². The van der Waals surface area contributed by atoms with Crippen molar-refractivity contribution in [1.29, 1.82) is 0 Å². The highest BCUT2D eigenvalue weighted by molar-refractivity contribution is 6.61. The van der Waals surface area contributed by atoms with Crippen LogP contribution in [-0.4, -0.2) is 73.1 Å². The number of hydrogen-bond donors (Lipinski definition) is 4. The number of rotatable bonds is 9. The van der Waals surface area contributed by atoms with E-state index in [1.165, 1.54) is 12.8 Å². The van der Waals surface area contributed by atoms with Crippen molar-refractivity contribution in [3.05, 3.63) is 86.0 Å². The van der Waals surface area contributed by atoms with E-state index in [2.05, 4.69) is 13.2 Å². The number of aliphatic hydroxyl groups excluding tert-OH is 2. The molecule has 39 heavy (non-hydrogen) atoms. The van der Waals surface area contributed by atoms with Crippen LogP contribution < -0.4 is 10.9 Å². The Kier molecular flexibility index (Phi) is 26.0. The summed E-state index contributed by atoms with van der Waals surface area (Å²) in [5.74, 6) is 0. The standard InChI is InChI=1S/C12H15BO2.C6H7BO2.C6H12O2.C4H8O.2CH4/c1-2-3-9-12-10-14-13(15-12)11-7-5-4-6-8-11;8-7(9)6-4-2-1-3-5-6;1-2-3-4-6(8)5-7;1-2-4-5-3-1;;/h2,4-8,12H,1,3,9-10H2;1-5,8-9H;2,6-8H,1,3-5H2;1-4H2;2*1H4. The van der Waals surface area contributed by atoms with Crippen molar-refractivity contribution in [1.82, 2.24) is 0 Å². The topological polar surface area (TPSA) is 109 Å². The molecule has 4 N–H and O–H groups in total. The van der Waals surface area contributed by atoms with E-state index in [1.807, 2.05) is 42.5 Å². The van der Waals surface area contributed by atoms with E-state index in [9.17, 15) is 0 Å². The van der Waals surface area contributed by atoms with Gasteiger partial charge in [-0.1, -0.05) is 87.7 Å². The first kappa shape index (κ1) is 38.9. The zero-order valence-electron chi connectivity index (χ0n) is 21.7. The lowest BCUT2D eigenvalue weighted by Gasteiger charge is -2.07. The van der Waals surface area contributed by atoms with Crippen LogP contribution in [0, 0.1) is 0 Å². The molecule has 7 nitrogen and oxygen atoms in total. The molecule has 0 aromatic heterocycles. The predicted molar refractivity (Wildman–Crippen MR) is 164 cm³/mol. The number of hydrogen-bond acceptors (Lipinski definition) is 7. The minimum absolute atomic E-state index is 0. The average molecular weight is 544 g/mol. The molecule has 2 unspecified atom stereocenters. The lowest BCUT2D eigenvalue weighted by Crippen LogP contribution is -2.32. The van der Waals surface area contributed by atoms with Gasteiger partial charge in [0.05, 0.1) is 25.4 Å². The van der Waals surface area contributed by atoms with Gasteiger partial charge in [-0.3, -0.25) is 0 Å². The second-order valence-electron chi connectivity index (χ2n) is 8.51. The molecular formula is C30H50B2O7. The van der Waals surface area contributed by atoms with Crippen LogP contribution in [0.4, 0.5) is 0 Å². The highest BCUT2D eigenvalue weighted by atomic mass is 16.6. The fourth-order valence-electron chi connectivity index (χ4n) is 3.23. The van der Waals surface area contributed by atoms with Gasteiger partial charge in [-0.05, 0) is 49.5 Å². The lowest BCUT2D eigenvalue weighted by molar-refractivity contribution is 0.0891. The maximum absolute atomic E-state index is 8.69.